The number of nitrogens with zero attached hydrogens (tertiary/aromatic N) is 1. The van der Waals surface area contributed by atoms with Gasteiger partial charge in [-0.2, -0.15) is 0 Å². The van der Waals surface area contributed by atoms with Crippen LogP contribution in [0.15, 0.2) is 24.3 Å². The normalized spacial score (nSPS) is 12.5. The summed E-state index contributed by atoms with van der Waals surface area (Å²) in [5.74, 6) is 4.63. The fourth-order valence-electron chi connectivity index (χ4n) is 1.71. The van der Waals surface area contributed by atoms with Crippen molar-refractivity contribution in [3.8, 4) is 0 Å². The van der Waals surface area contributed by atoms with Crippen molar-refractivity contribution in [2.45, 2.75) is 32.4 Å². The van der Waals surface area contributed by atoms with Gasteiger partial charge in [0.2, 0.25) is 5.91 Å². The van der Waals surface area contributed by atoms with E-state index in [0.29, 0.717) is 13.0 Å². The van der Waals surface area contributed by atoms with Crippen LogP contribution in [0.2, 0.25) is 0 Å². The van der Waals surface area contributed by atoms with E-state index in [1.165, 1.54) is 12.1 Å². The molecule has 0 fully saturated rings. The molecule has 0 spiro atoms. The number of nitrogens with two attached hydrogens (primary N) is 1. The monoisotopic (exact) mass is 253 g/mol. The second-order valence-corrected chi connectivity index (χ2v) is 4.50. The molecule has 18 heavy (non-hydrogen) atoms. The van der Waals surface area contributed by atoms with Crippen molar-refractivity contribution in [2.24, 2.45) is 5.84 Å². The van der Waals surface area contributed by atoms with Crippen LogP contribution in [0.25, 0.3) is 0 Å². The third-order valence-electron chi connectivity index (χ3n) is 3.02. The van der Waals surface area contributed by atoms with Crippen LogP contribution in [0.3, 0.4) is 0 Å². The van der Waals surface area contributed by atoms with Gasteiger partial charge in [-0.3, -0.25) is 15.1 Å². The number of hydrogen-bond donors (Lipinski definition) is 2. The van der Waals surface area contributed by atoms with Crippen molar-refractivity contribution >= 4 is 5.91 Å². The highest BCUT2D eigenvalue weighted by atomic mass is 19.1. The third-order valence-corrected chi connectivity index (χ3v) is 3.02. The maximum Gasteiger partial charge on any atom is 0.233 e. The number of carbonyl (C=O) groups excluding carboxylic acids is 1. The Hall–Kier alpha value is -1.46. The molecule has 0 aliphatic heterocycles. The summed E-state index contributed by atoms with van der Waals surface area (Å²) < 4.78 is 13.0. The van der Waals surface area contributed by atoms with E-state index >= 15 is 0 Å². The average molecular weight is 253 g/mol. The van der Waals surface area contributed by atoms with Gasteiger partial charge in [0.25, 0.3) is 0 Å². The fraction of sp³-hybridized carbons (Fsp3) is 0.462. The topological polar surface area (TPSA) is 58.4 Å². The molecule has 1 rings (SSSR count). The summed E-state index contributed by atoms with van der Waals surface area (Å²) in [4.78, 5) is 13.1. The zero-order chi connectivity index (χ0) is 13.5. The van der Waals surface area contributed by atoms with Crippen LogP contribution < -0.4 is 11.3 Å². The van der Waals surface area contributed by atoms with Crippen molar-refractivity contribution < 1.29 is 9.18 Å². The molecule has 0 saturated carbocycles. The highest BCUT2D eigenvalue weighted by Crippen LogP contribution is 2.11. The van der Waals surface area contributed by atoms with Crippen LogP contribution in [-0.2, 0) is 11.3 Å². The molecule has 1 unspecified atom stereocenters. The third kappa shape index (κ3) is 4.81. The molecule has 0 aliphatic carbocycles. The molecule has 0 heterocycles. The van der Waals surface area contributed by atoms with Crippen LogP contribution in [0.1, 0.15) is 25.3 Å². The average Bonchev–Trinajstić information content (AvgIpc) is 2.35. The molecule has 0 saturated heterocycles. The van der Waals surface area contributed by atoms with Gasteiger partial charge in [-0.1, -0.05) is 12.1 Å². The highest BCUT2D eigenvalue weighted by Gasteiger charge is 2.11. The summed E-state index contributed by atoms with van der Waals surface area (Å²) in [7, 11) is 1.95. The van der Waals surface area contributed by atoms with Gasteiger partial charge >= 0.3 is 0 Å². The van der Waals surface area contributed by atoms with Crippen molar-refractivity contribution in [1.82, 2.24) is 10.3 Å². The first-order chi connectivity index (χ1) is 8.52. The summed E-state index contributed by atoms with van der Waals surface area (Å²) in [6.45, 7) is 2.69. The van der Waals surface area contributed by atoms with E-state index in [1.807, 2.05) is 20.0 Å². The van der Waals surface area contributed by atoms with Gasteiger partial charge < -0.3 is 0 Å². The fourth-order valence-corrected chi connectivity index (χ4v) is 1.71. The van der Waals surface area contributed by atoms with E-state index < -0.39 is 0 Å². The standard InChI is InChI=1S/C13H20FN3O/c1-10(6-7-13(18)16-15)17(2)9-11-4-3-5-12(14)8-11/h3-5,8,10H,6-7,9,15H2,1-2H3,(H,16,18). The summed E-state index contributed by atoms with van der Waals surface area (Å²) >= 11 is 0. The summed E-state index contributed by atoms with van der Waals surface area (Å²) in [5.41, 5.74) is 3.03. The van der Waals surface area contributed by atoms with Gasteiger partial charge in [-0.15, -0.1) is 0 Å². The Bertz CT molecular complexity index is 398. The molecule has 5 heteroatoms. The predicted octanol–water partition coefficient (Wildman–Crippen LogP) is 1.42. The molecule has 1 atom stereocenters. The zero-order valence-electron chi connectivity index (χ0n) is 10.8. The molecule has 0 aromatic heterocycles. The van der Waals surface area contributed by atoms with Gasteiger partial charge in [0.05, 0.1) is 0 Å². The van der Waals surface area contributed by atoms with Crippen molar-refractivity contribution in [3.63, 3.8) is 0 Å². The van der Waals surface area contributed by atoms with E-state index in [4.69, 9.17) is 5.84 Å². The van der Waals surface area contributed by atoms with E-state index in [2.05, 4.69) is 10.3 Å². The van der Waals surface area contributed by atoms with Crippen molar-refractivity contribution in [2.75, 3.05) is 7.05 Å². The Morgan fingerprint density at radius 3 is 2.89 bits per heavy atom. The number of benzene rings is 1. The summed E-state index contributed by atoms with van der Waals surface area (Å²) in [5, 5.41) is 0. The number of carbonyl (C=O) groups is 1. The Morgan fingerprint density at radius 1 is 1.56 bits per heavy atom. The molecule has 0 bridgehead atoms. The largest absolute Gasteiger partial charge is 0.299 e. The SMILES string of the molecule is CC(CCC(=O)NN)N(C)Cc1cccc(F)c1. The van der Waals surface area contributed by atoms with Crippen LogP contribution in [0.5, 0.6) is 0 Å². The maximum absolute atomic E-state index is 13.0. The minimum atomic E-state index is -0.226. The molecule has 0 radical (unpaired) electrons. The smallest absolute Gasteiger partial charge is 0.233 e. The number of hydrazine groups is 1. The van der Waals surface area contributed by atoms with Crippen LogP contribution in [0, 0.1) is 5.82 Å². The number of rotatable bonds is 6. The molecule has 0 aliphatic rings. The molecule has 100 valence electrons. The molecule has 1 aromatic carbocycles. The molecular weight excluding hydrogens is 233 g/mol. The molecule has 4 nitrogen and oxygen atoms in total. The van der Waals surface area contributed by atoms with Gasteiger partial charge in [0, 0.05) is 19.0 Å². The minimum absolute atomic E-state index is 0.166. The van der Waals surface area contributed by atoms with E-state index in [9.17, 15) is 9.18 Å². The highest BCUT2D eigenvalue weighted by molar-refractivity contribution is 5.75. The lowest BCUT2D eigenvalue weighted by Crippen LogP contribution is -2.33. The first kappa shape index (κ1) is 14.6. The van der Waals surface area contributed by atoms with Gasteiger partial charge in [0.15, 0.2) is 0 Å². The number of amides is 1. The lowest BCUT2D eigenvalue weighted by Gasteiger charge is -2.24. The maximum atomic E-state index is 13.0. The Kier molecular flexibility index (Phi) is 5.74. The number of nitrogens with one attached hydrogen (secondary N) is 1. The Labute approximate surface area is 107 Å². The van der Waals surface area contributed by atoms with Crippen molar-refractivity contribution in [1.29, 1.82) is 0 Å². The number of hydrogen-bond acceptors (Lipinski definition) is 3. The van der Waals surface area contributed by atoms with E-state index in [-0.39, 0.29) is 17.8 Å². The quantitative estimate of drug-likeness (QED) is 0.458. The molecule has 1 amide bonds. The molecular formula is C13H20FN3O. The van der Waals surface area contributed by atoms with Gasteiger partial charge in [-0.05, 0) is 38.1 Å². The Morgan fingerprint density at radius 2 is 2.28 bits per heavy atom. The Balaban J connectivity index is 2.44. The first-order valence-electron chi connectivity index (χ1n) is 5.97. The minimum Gasteiger partial charge on any atom is -0.299 e. The molecule has 1 aromatic rings. The number of halogens is 1. The van der Waals surface area contributed by atoms with Gasteiger partial charge in [-0.25, -0.2) is 10.2 Å². The van der Waals surface area contributed by atoms with Crippen LogP contribution >= 0.6 is 0 Å². The summed E-state index contributed by atoms with van der Waals surface area (Å²) in [6.07, 6.45) is 1.11. The lowest BCUT2D eigenvalue weighted by molar-refractivity contribution is -0.121. The van der Waals surface area contributed by atoms with Crippen LogP contribution in [0.4, 0.5) is 4.39 Å². The molecule has 3 N–H and O–H groups in total. The van der Waals surface area contributed by atoms with E-state index in [0.717, 1.165) is 12.0 Å². The van der Waals surface area contributed by atoms with Crippen molar-refractivity contribution in [3.05, 3.63) is 35.6 Å². The van der Waals surface area contributed by atoms with E-state index in [1.54, 1.807) is 6.07 Å². The lowest BCUT2D eigenvalue weighted by atomic mass is 10.1. The second-order valence-electron chi connectivity index (χ2n) is 4.50. The summed E-state index contributed by atoms with van der Waals surface area (Å²) in [6, 6.07) is 6.77. The first-order valence-corrected chi connectivity index (χ1v) is 5.97. The van der Waals surface area contributed by atoms with Crippen LogP contribution in [-0.4, -0.2) is 23.9 Å². The zero-order valence-corrected chi connectivity index (χ0v) is 10.8. The second kappa shape index (κ2) is 7.08. The predicted molar refractivity (Wildman–Crippen MR) is 68.9 cm³/mol. The van der Waals surface area contributed by atoms with Gasteiger partial charge in [0.1, 0.15) is 5.82 Å².